The molecule has 0 radical (unpaired) electrons. The third-order valence-electron chi connectivity index (χ3n) is 4.77. The first-order valence-corrected chi connectivity index (χ1v) is 7.88. The van der Waals surface area contributed by atoms with Gasteiger partial charge in [0.25, 0.3) is 0 Å². The summed E-state index contributed by atoms with van der Waals surface area (Å²) < 4.78 is 20.0. The van der Waals surface area contributed by atoms with Crippen molar-refractivity contribution in [3.05, 3.63) is 35.1 Å². The highest BCUT2D eigenvalue weighted by atomic mass is 19.1. The molecule has 0 amide bonds. The van der Waals surface area contributed by atoms with Gasteiger partial charge in [0.15, 0.2) is 0 Å². The van der Waals surface area contributed by atoms with Crippen LogP contribution in [-0.2, 0) is 4.74 Å². The molecule has 1 fully saturated rings. The van der Waals surface area contributed by atoms with E-state index in [1.165, 1.54) is 0 Å². The summed E-state index contributed by atoms with van der Waals surface area (Å²) in [6.07, 6.45) is 4.14. The summed E-state index contributed by atoms with van der Waals surface area (Å²) in [6, 6.07) is 5.15. The van der Waals surface area contributed by atoms with Crippen LogP contribution in [0.1, 0.15) is 56.7 Å². The lowest BCUT2D eigenvalue weighted by Gasteiger charge is -2.44. The summed E-state index contributed by atoms with van der Waals surface area (Å²) in [5.41, 5.74) is 4.06. The lowest BCUT2D eigenvalue weighted by molar-refractivity contribution is -0.0977. The van der Waals surface area contributed by atoms with E-state index >= 15 is 0 Å². The fourth-order valence-corrected chi connectivity index (χ4v) is 3.40. The Morgan fingerprint density at radius 1 is 1.43 bits per heavy atom. The lowest BCUT2D eigenvalue weighted by Crippen LogP contribution is -2.50. The van der Waals surface area contributed by atoms with Crippen molar-refractivity contribution in [2.75, 3.05) is 6.61 Å². The topological polar surface area (TPSA) is 47.3 Å². The van der Waals surface area contributed by atoms with E-state index in [-0.39, 0.29) is 17.5 Å². The molecule has 1 saturated carbocycles. The smallest absolute Gasteiger partial charge is 0.126 e. The lowest BCUT2D eigenvalue weighted by atomic mass is 9.73. The van der Waals surface area contributed by atoms with Crippen molar-refractivity contribution in [2.45, 2.75) is 58.1 Å². The molecule has 1 atom stereocenters. The second-order valence-electron chi connectivity index (χ2n) is 6.29. The van der Waals surface area contributed by atoms with E-state index in [1.54, 1.807) is 19.1 Å². The van der Waals surface area contributed by atoms with E-state index in [4.69, 9.17) is 10.6 Å². The third kappa shape index (κ3) is 3.44. The van der Waals surface area contributed by atoms with E-state index < -0.39 is 0 Å². The van der Waals surface area contributed by atoms with Crippen LogP contribution in [0.4, 0.5) is 4.39 Å². The van der Waals surface area contributed by atoms with Gasteiger partial charge in [0, 0.05) is 6.61 Å². The van der Waals surface area contributed by atoms with Crippen molar-refractivity contribution in [3.63, 3.8) is 0 Å². The molecule has 1 aliphatic rings. The van der Waals surface area contributed by atoms with Gasteiger partial charge in [-0.25, -0.2) is 4.39 Å². The van der Waals surface area contributed by atoms with Crippen LogP contribution in [0.2, 0.25) is 0 Å². The molecule has 0 bridgehead atoms. The minimum Gasteiger partial charge on any atom is -0.373 e. The zero-order chi connectivity index (χ0) is 15.5. The highest BCUT2D eigenvalue weighted by molar-refractivity contribution is 5.28. The SMILES string of the molecule is CCOC1(C(NN)c2ccc(C)c(F)c2)CCC(C)CC1. The first-order valence-electron chi connectivity index (χ1n) is 7.88. The molecule has 2 rings (SSSR count). The summed E-state index contributed by atoms with van der Waals surface area (Å²) in [4.78, 5) is 0. The van der Waals surface area contributed by atoms with Crippen molar-refractivity contribution in [2.24, 2.45) is 11.8 Å². The summed E-state index contributed by atoms with van der Waals surface area (Å²) in [7, 11) is 0. The van der Waals surface area contributed by atoms with Crippen LogP contribution >= 0.6 is 0 Å². The zero-order valence-electron chi connectivity index (χ0n) is 13.3. The molecular formula is C17H27FN2O. The highest BCUT2D eigenvalue weighted by Gasteiger charge is 2.42. The molecular weight excluding hydrogens is 267 g/mol. The summed E-state index contributed by atoms with van der Waals surface area (Å²) in [5.74, 6) is 6.34. The summed E-state index contributed by atoms with van der Waals surface area (Å²) >= 11 is 0. The standard InChI is InChI=1S/C17H27FN2O/c1-4-21-17(9-7-12(2)8-10-17)16(20-19)14-6-5-13(3)15(18)11-14/h5-6,11-12,16,20H,4,7-10,19H2,1-3H3. The van der Waals surface area contributed by atoms with Gasteiger partial charge >= 0.3 is 0 Å². The quantitative estimate of drug-likeness (QED) is 0.644. The third-order valence-corrected chi connectivity index (χ3v) is 4.77. The molecule has 21 heavy (non-hydrogen) atoms. The number of hydrogen-bond donors (Lipinski definition) is 2. The Labute approximate surface area is 127 Å². The number of benzene rings is 1. The van der Waals surface area contributed by atoms with Crippen molar-refractivity contribution < 1.29 is 9.13 Å². The normalized spacial score (nSPS) is 27.6. The number of ether oxygens (including phenoxy) is 1. The zero-order valence-corrected chi connectivity index (χ0v) is 13.3. The van der Waals surface area contributed by atoms with Crippen molar-refractivity contribution in [3.8, 4) is 0 Å². The molecule has 0 saturated heterocycles. The van der Waals surface area contributed by atoms with Gasteiger partial charge in [0.1, 0.15) is 5.82 Å². The monoisotopic (exact) mass is 294 g/mol. The molecule has 1 aromatic rings. The van der Waals surface area contributed by atoms with Crippen LogP contribution < -0.4 is 11.3 Å². The van der Waals surface area contributed by atoms with E-state index in [9.17, 15) is 4.39 Å². The Hall–Kier alpha value is -0.970. The van der Waals surface area contributed by atoms with Gasteiger partial charge in [-0.1, -0.05) is 19.1 Å². The van der Waals surface area contributed by atoms with Crippen molar-refractivity contribution >= 4 is 0 Å². The molecule has 0 spiro atoms. The number of nitrogens with one attached hydrogen (secondary N) is 1. The first-order chi connectivity index (χ1) is 10.0. The van der Waals surface area contributed by atoms with Crippen molar-refractivity contribution in [1.29, 1.82) is 0 Å². The van der Waals surface area contributed by atoms with E-state index in [0.29, 0.717) is 18.1 Å². The van der Waals surface area contributed by atoms with E-state index in [1.807, 2.05) is 13.0 Å². The maximum atomic E-state index is 13.9. The van der Waals surface area contributed by atoms with Crippen LogP contribution in [0, 0.1) is 18.7 Å². The van der Waals surface area contributed by atoms with Crippen LogP contribution in [0.15, 0.2) is 18.2 Å². The Bertz CT molecular complexity index is 470. The second kappa shape index (κ2) is 6.86. The van der Waals surface area contributed by atoms with Crippen molar-refractivity contribution in [1.82, 2.24) is 5.43 Å². The average Bonchev–Trinajstić information content (AvgIpc) is 2.47. The fourth-order valence-electron chi connectivity index (χ4n) is 3.40. The number of halogens is 1. The molecule has 4 heteroatoms. The first kappa shape index (κ1) is 16.4. The van der Waals surface area contributed by atoms with Gasteiger partial charge in [-0.2, -0.15) is 0 Å². The molecule has 1 aromatic carbocycles. The molecule has 1 aliphatic carbocycles. The predicted molar refractivity (Wildman–Crippen MR) is 83.2 cm³/mol. The Balaban J connectivity index is 2.33. The van der Waals surface area contributed by atoms with Crippen LogP contribution in [-0.4, -0.2) is 12.2 Å². The number of hydrazine groups is 1. The Kier molecular flexibility index (Phi) is 5.36. The largest absolute Gasteiger partial charge is 0.373 e. The maximum absolute atomic E-state index is 13.9. The number of hydrogen-bond acceptors (Lipinski definition) is 3. The summed E-state index contributed by atoms with van der Waals surface area (Å²) in [5, 5.41) is 0. The highest BCUT2D eigenvalue weighted by Crippen LogP contribution is 2.43. The van der Waals surface area contributed by atoms with E-state index in [2.05, 4.69) is 12.3 Å². The molecule has 3 N–H and O–H groups in total. The van der Waals surface area contributed by atoms with Gasteiger partial charge in [-0.15, -0.1) is 0 Å². The molecule has 0 heterocycles. The van der Waals surface area contributed by atoms with E-state index in [0.717, 1.165) is 31.2 Å². The van der Waals surface area contributed by atoms with Gasteiger partial charge in [-0.3, -0.25) is 11.3 Å². The minimum absolute atomic E-state index is 0.181. The van der Waals surface area contributed by atoms with Gasteiger partial charge in [-0.05, 0) is 62.6 Å². The van der Waals surface area contributed by atoms with Gasteiger partial charge < -0.3 is 4.74 Å². The molecule has 1 unspecified atom stereocenters. The minimum atomic E-state index is -0.336. The molecule has 0 aliphatic heterocycles. The van der Waals surface area contributed by atoms with Crippen LogP contribution in [0.3, 0.4) is 0 Å². The fraction of sp³-hybridized carbons (Fsp3) is 0.647. The molecule has 3 nitrogen and oxygen atoms in total. The average molecular weight is 294 g/mol. The predicted octanol–water partition coefficient (Wildman–Crippen LogP) is 3.62. The Morgan fingerprint density at radius 3 is 2.62 bits per heavy atom. The molecule has 118 valence electrons. The summed E-state index contributed by atoms with van der Waals surface area (Å²) in [6.45, 7) is 6.68. The number of rotatable bonds is 5. The Morgan fingerprint density at radius 2 is 2.10 bits per heavy atom. The maximum Gasteiger partial charge on any atom is 0.126 e. The van der Waals surface area contributed by atoms with Crippen LogP contribution in [0.5, 0.6) is 0 Å². The van der Waals surface area contributed by atoms with Crippen LogP contribution in [0.25, 0.3) is 0 Å². The second-order valence-corrected chi connectivity index (χ2v) is 6.29. The van der Waals surface area contributed by atoms with Gasteiger partial charge in [0.05, 0.1) is 11.6 Å². The molecule has 0 aromatic heterocycles. The number of nitrogens with two attached hydrogens (primary N) is 1. The van der Waals surface area contributed by atoms with Gasteiger partial charge in [0.2, 0.25) is 0 Å². The number of aryl methyl sites for hydroxylation is 1.